The summed E-state index contributed by atoms with van der Waals surface area (Å²) in [6.45, 7) is 4.67. The van der Waals surface area contributed by atoms with E-state index in [1.807, 2.05) is 0 Å². The van der Waals surface area contributed by atoms with Crippen LogP contribution in [0.1, 0.15) is 25.0 Å². The van der Waals surface area contributed by atoms with Crippen molar-refractivity contribution >= 4 is 22.1 Å². The van der Waals surface area contributed by atoms with Crippen LogP contribution in [0.25, 0.3) is 33.0 Å². The van der Waals surface area contributed by atoms with E-state index in [0.717, 1.165) is 0 Å². The van der Waals surface area contributed by atoms with E-state index in [2.05, 4.69) is 135 Å². The molecular weight excluding hydrogens is 398 g/mol. The predicted octanol–water partition coefficient (Wildman–Crippen LogP) is 8.58. The summed E-state index contributed by atoms with van der Waals surface area (Å²) >= 11 is 0. The highest BCUT2D eigenvalue weighted by Crippen LogP contribution is 2.49. The molecule has 160 valence electrons. The van der Waals surface area contributed by atoms with Gasteiger partial charge in [0.15, 0.2) is 0 Å². The van der Waals surface area contributed by atoms with Gasteiger partial charge in [-0.05, 0) is 68.4 Å². The number of benzene rings is 5. The number of fused-ring (bicyclic) bond motifs is 4. The van der Waals surface area contributed by atoms with Gasteiger partial charge in [0.05, 0.1) is 0 Å². The van der Waals surface area contributed by atoms with E-state index < -0.39 is 0 Å². The lowest BCUT2D eigenvalue weighted by Gasteiger charge is -2.25. The normalized spacial score (nSPS) is 13.5. The Labute approximate surface area is 195 Å². The van der Waals surface area contributed by atoms with E-state index in [1.54, 1.807) is 0 Å². The van der Waals surface area contributed by atoms with Crippen molar-refractivity contribution in [2.75, 3.05) is 11.9 Å². The largest absolute Gasteiger partial charge is 0.345 e. The summed E-state index contributed by atoms with van der Waals surface area (Å²) in [5, 5.41) is 2.56. The van der Waals surface area contributed by atoms with Crippen molar-refractivity contribution in [2.45, 2.75) is 19.3 Å². The Kier molecular flexibility index (Phi) is 4.41. The van der Waals surface area contributed by atoms with Crippen molar-refractivity contribution in [2.24, 2.45) is 0 Å². The van der Waals surface area contributed by atoms with E-state index in [-0.39, 0.29) is 5.41 Å². The highest BCUT2D eigenvalue weighted by Gasteiger charge is 2.35. The van der Waals surface area contributed by atoms with Gasteiger partial charge in [-0.15, -0.1) is 0 Å². The van der Waals surface area contributed by atoms with E-state index >= 15 is 0 Å². The van der Waals surface area contributed by atoms with Gasteiger partial charge < -0.3 is 4.90 Å². The maximum absolute atomic E-state index is 2.37. The fraction of sp³-hybridized carbons (Fsp3) is 0.125. The lowest BCUT2D eigenvalue weighted by Crippen LogP contribution is -2.16. The van der Waals surface area contributed by atoms with Crippen LogP contribution >= 0.6 is 0 Å². The second-order valence-electron chi connectivity index (χ2n) is 9.54. The predicted molar refractivity (Wildman–Crippen MR) is 141 cm³/mol. The standard InChI is InChI=1S/C32H27N/c1-32(2)30-17-7-6-15-28(30)29-19-18-25(21-31(29)32)33(3)24-13-8-12-23(20-24)27-16-9-11-22-10-4-5-14-26(22)27/h4-21H,1-3H3. The molecule has 1 nitrogen and oxygen atoms in total. The van der Waals surface area contributed by atoms with E-state index in [0.29, 0.717) is 0 Å². The SMILES string of the molecule is CN(c1cccc(-c2cccc3ccccc23)c1)c1ccc2c(c1)C(C)(C)c1ccccc1-2. The van der Waals surface area contributed by atoms with Gasteiger partial charge in [-0.2, -0.15) is 0 Å². The summed E-state index contributed by atoms with van der Waals surface area (Å²) in [5.74, 6) is 0. The highest BCUT2D eigenvalue weighted by atomic mass is 15.1. The summed E-state index contributed by atoms with van der Waals surface area (Å²) in [4.78, 5) is 2.30. The van der Waals surface area contributed by atoms with Crippen LogP contribution in [-0.2, 0) is 5.41 Å². The first-order valence-electron chi connectivity index (χ1n) is 11.6. The first kappa shape index (κ1) is 19.8. The van der Waals surface area contributed by atoms with Crippen LogP contribution in [0, 0.1) is 0 Å². The Morgan fingerprint density at radius 1 is 0.545 bits per heavy atom. The van der Waals surface area contributed by atoms with Crippen molar-refractivity contribution in [3.8, 4) is 22.3 Å². The third kappa shape index (κ3) is 3.08. The topological polar surface area (TPSA) is 3.24 Å². The van der Waals surface area contributed by atoms with Crippen molar-refractivity contribution in [1.29, 1.82) is 0 Å². The van der Waals surface area contributed by atoms with E-state index in [1.165, 1.54) is 55.5 Å². The maximum Gasteiger partial charge on any atom is 0.0414 e. The van der Waals surface area contributed by atoms with Crippen LogP contribution in [0.4, 0.5) is 11.4 Å². The molecule has 0 saturated heterocycles. The first-order chi connectivity index (χ1) is 16.0. The summed E-state index contributed by atoms with van der Waals surface area (Å²) in [6.07, 6.45) is 0. The molecule has 6 rings (SSSR count). The molecule has 1 aliphatic carbocycles. The zero-order chi connectivity index (χ0) is 22.6. The summed E-state index contributed by atoms with van der Waals surface area (Å²) in [6, 6.07) is 39.8. The van der Waals surface area contributed by atoms with E-state index in [9.17, 15) is 0 Å². The Morgan fingerprint density at radius 3 is 2.12 bits per heavy atom. The third-order valence-electron chi connectivity index (χ3n) is 7.29. The molecule has 33 heavy (non-hydrogen) atoms. The molecule has 5 aromatic rings. The zero-order valence-corrected chi connectivity index (χ0v) is 19.3. The number of anilines is 2. The van der Waals surface area contributed by atoms with Crippen molar-refractivity contribution in [3.63, 3.8) is 0 Å². The van der Waals surface area contributed by atoms with Gasteiger partial charge >= 0.3 is 0 Å². The summed E-state index contributed by atoms with van der Waals surface area (Å²) < 4.78 is 0. The molecule has 5 aromatic carbocycles. The molecule has 0 saturated carbocycles. The van der Waals surface area contributed by atoms with Crippen LogP contribution in [0.5, 0.6) is 0 Å². The molecule has 0 spiro atoms. The minimum Gasteiger partial charge on any atom is -0.345 e. The fourth-order valence-corrected chi connectivity index (χ4v) is 5.41. The Bertz CT molecular complexity index is 1500. The second-order valence-corrected chi connectivity index (χ2v) is 9.54. The van der Waals surface area contributed by atoms with E-state index in [4.69, 9.17) is 0 Å². The second kappa shape index (κ2) is 7.35. The Hall–Kier alpha value is -3.84. The first-order valence-corrected chi connectivity index (χ1v) is 11.6. The fourth-order valence-electron chi connectivity index (χ4n) is 5.41. The lowest BCUT2D eigenvalue weighted by atomic mass is 9.82. The smallest absolute Gasteiger partial charge is 0.0414 e. The van der Waals surface area contributed by atoms with Gasteiger partial charge in [-0.25, -0.2) is 0 Å². The molecule has 0 radical (unpaired) electrons. The third-order valence-corrected chi connectivity index (χ3v) is 7.29. The molecule has 0 N–H and O–H groups in total. The summed E-state index contributed by atoms with van der Waals surface area (Å²) in [7, 11) is 2.17. The van der Waals surface area contributed by atoms with Crippen LogP contribution in [0.3, 0.4) is 0 Å². The Morgan fingerprint density at radius 2 is 1.21 bits per heavy atom. The molecule has 0 bridgehead atoms. The van der Waals surface area contributed by atoms with Crippen LogP contribution in [0.15, 0.2) is 109 Å². The molecule has 0 atom stereocenters. The summed E-state index contributed by atoms with van der Waals surface area (Å²) in [5.41, 5.74) is 10.5. The van der Waals surface area contributed by atoms with Gasteiger partial charge in [0, 0.05) is 23.8 Å². The monoisotopic (exact) mass is 425 g/mol. The minimum absolute atomic E-state index is 0.00752. The average Bonchev–Trinajstić information content (AvgIpc) is 3.10. The maximum atomic E-state index is 2.37. The number of nitrogens with zero attached hydrogens (tertiary/aromatic N) is 1. The molecule has 0 aromatic heterocycles. The van der Waals surface area contributed by atoms with Gasteiger partial charge in [-0.3, -0.25) is 0 Å². The van der Waals surface area contributed by atoms with Crippen molar-refractivity contribution < 1.29 is 0 Å². The zero-order valence-electron chi connectivity index (χ0n) is 19.3. The van der Waals surface area contributed by atoms with Gasteiger partial charge in [0.1, 0.15) is 0 Å². The highest BCUT2D eigenvalue weighted by molar-refractivity contribution is 5.97. The molecule has 0 amide bonds. The van der Waals surface area contributed by atoms with Crippen LogP contribution in [-0.4, -0.2) is 7.05 Å². The quantitative estimate of drug-likeness (QED) is 0.280. The molecular formula is C32H27N. The molecule has 1 aliphatic rings. The van der Waals surface area contributed by atoms with Crippen molar-refractivity contribution in [1.82, 2.24) is 0 Å². The number of rotatable bonds is 3. The molecule has 0 aliphatic heterocycles. The van der Waals surface area contributed by atoms with Gasteiger partial charge in [0.25, 0.3) is 0 Å². The minimum atomic E-state index is 0.00752. The molecule has 1 heteroatoms. The molecule has 0 fully saturated rings. The molecule has 0 heterocycles. The van der Waals surface area contributed by atoms with Crippen molar-refractivity contribution in [3.05, 3.63) is 120 Å². The van der Waals surface area contributed by atoms with Gasteiger partial charge in [-0.1, -0.05) is 98.8 Å². The molecule has 0 unspecified atom stereocenters. The number of hydrogen-bond acceptors (Lipinski definition) is 1. The number of hydrogen-bond donors (Lipinski definition) is 0. The van der Waals surface area contributed by atoms with Crippen LogP contribution in [0.2, 0.25) is 0 Å². The van der Waals surface area contributed by atoms with Crippen LogP contribution < -0.4 is 4.90 Å². The average molecular weight is 426 g/mol. The van der Waals surface area contributed by atoms with Gasteiger partial charge in [0.2, 0.25) is 0 Å². The lowest BCUT2D eigenvalue weighted by molar-refractivity contribution is 0.660. The Balaban J connectivity index is 1.41.